The Labute approximate surface area is 146 Å². The van der Waals surface area contributed by atoms with Crippen LogP contribution in [0.5, 0.6) is 5.75 Å². The highest BCUT2D eigenvalue weighted by atomic mass is 19.1. The van der Waals surface area contributed by atoms with Gasteiger partial charge in [0.15, 0.2) is 5.76 Å². The van der Waals surface area contributed by atoms with Gasteiger partial charge in [-0.2, -0.15) is 0 Å². The standard InChI is InChI=1S/C21H11F2NO2/c22-15-5-1-3-13-14-4-2-6-16(23)18(14)20-19(17(13)15)21(26-24-20)11-7-9-12(25)10-8-11/h1-10,25H. The number of phenols is 1. The highest BCUT2D eigenvalue weighted by Gasteiger charge is 2.21. The number of hydrogen-bond donors (Lipinski definition) is 1. The lowest BCUT2D eigenvalue weighted by molar-refractivity contribution is 0.441. The molecule has 0 fully saturated rings. The van der Waals surface area contributed by atoms with Crippen LogP contribution in [0.1, 0.15) is 0 Å². The van der Waals surface area contributed by atoms with Gasteiger partial charge in [0.05, 0.1) is 5.39 Å². The smallest absolute Gasteiger partial charge is 0.175 e. The van der Waals surface area contributed by atoms with E-state index in [1.807, 2.05) is 0 Å². The van der Waals surface area contributed by atoms with Gasteiger partial charge in [0.2, 0.25) is 0 Å². The Morgan fingerprint density at radius 2 is 1.35 bits per heavy atom. The summed E-state index contributed by atoms with van der Waals surface area (Å²) in [7, 11) is 0. The molecule has 0 spiro atoms. The first-order chi connectivity index (χ1) is 12.6. The molecule has 0 saturated heterocycles. The topological polar surface area (TPSA) is 46.3 Å². The number of halogens is 2. The normalized spacial score (nSPS) is 11.6. The van der Waals surface area contributed by atoms with Crippen molar-refractivity contribution in [3.8, 4) is 17.1 Å². The second-order valence-corrected chi connectivity index (χ2v) is 6.11. The van der Waals surface area contributed by atoms with Crippen LogP contribution >= 0.6 is 0 Å². The van der Waals surface area contributed by atoms with Crippen LogP contribution in [0.2, 0.25) is 0 Å². The number of nitrogens with zero attached hydrogens (tertiary/aromatic N) is 1. The van der Waals surface area contributed by atoms with Crippen molar-refractivity contribution < 1.29 is 18.4 Å². The zero-order valence-corrected chi connectivity index (χ0v) is 13.3. The van der Waals surface area contributed by atoms with Gasteiger partial charge >= 0.3 is 0 Å². The van der Waals surface area contributed by atoms with Crippen molar-refractivity contribution in [1.82, 2.24) is 5.16 Å². The van der Waals surface area contributed by atoms with Crippen LogP contribution in [-0.2, 0) is 0 Å². The van der Waals surface area contributed by atoms with Crippen LogP contribution < -0.4 is 0 Å². The fourth-order valence-corrected chi connectivity index (χ4v) is 3.49. The zero-order valence-electron chi connectivity index (χ0n) is 13.3. The van der Waals surface area contributed by atoms with E-state index in [0.717, 1.165) is 0 Å². The fourth-order valence-electron chi connectivity index (χ4n) is 3.49. The van der Waals surface area contributed by atoms with E-state index < -0.39 is 11.6 Å². The van der Waals surface area contributed by atoms with Gasteiger partial charge in [-0.25, -0.2) is 8.78 Å². The fraction of sp³-hybridized carbons (Fsp3) is 0. The number of aromatic hydroxyl groups is 1. The third kappa shape index (κ3) is 1.94. The van der Waals surface area contributed by atoms with Gasteiger partial charge < -0.3 is 9.63 Å². The quantitative estimate of drug-likeness (QED) is 0.391. The van der Waals surface area contributed by atoms with Gasteiger partial charge in [-0.05, 0) is 47.2 Å². The summed E-state index contributed by atoms with van der Waals surface area (Å²) in [4.78, 5) is 0. The van der Waals surface area contributed by atoms with Crippen LogP contribution in [0.25, 0.3) is 43.8 Å². The molecule has 126 valence electrons. The van der Waals surface area contributed by atoms with E-state index in [1.54, 1.807) is 36.4 Å². The van der Waals surface area contributed by atoms with Crippen LogP contribution in [0.3, 0.4) is 0 Å². The molecule has 26 heavy (non-hydrogen) atoms. The Morgan fingerprint density at radius 1 is 0.731 bits per heavy atom. The first kappa shape index (κ1) is 14.8. The maximum atomic E-state index is 14.8. The average Bonchev–Trinajstić information content (AvgIpc) is 3.07. The molecule has 0 aliphatic rings. The maximum Gasteiger partial charge on any atom is 0.175 e. The van der Waals surface area contributed by atoms with Gasteiger partial charge in [0.1, 0.15) is 22.9 Å². The van der Waals surface area contributed by atoms with Crippen molar-refractivity contribution in [2.45, 2.75) is 0 Å². The molecule has 0 aliphatic carbocycles. The number of fused-ring (bicyclic) bond motifs is 6. The molecule has 0 amide bonds. The van der Waals surface area contributed by atoms with Gasteiger partial charge in [0.25, 0.3) is 0 Å². The van der Waals surface area contributed by atoms with E-state index in [2.05, 4.69) is 5.16 Å². The summed E-state index contributed by atoms with van der Waals surface area (Å²) in [6.45, 7) is 0. The minimum Gasteiger partial charge on any atom is -0.508 e. The molecule has 5 rings (SSSR count). The molecule has 3 nitrogen and oxygen atoms in total. The van der Waals surface area contributed by atoms with Crippen LogP contribution in [0.4, 0.5) is 8.78 Å². The zero-order chi connectivity index (χ0) is 17.8. The summed E-state index contributed by atoms with van der Waals surface area (Å²) < 4.78 is 34.9. The number of benzene rings is 4. The summed E-state index contributed by atoms with van der Waals surface area (Å²) >= 11 is 0. The molecule has 5 heteroatoms. The third-order valence-corrected chi connectivity index (χ3v) is 4.63. The predicted octanol–water partition coefficient (Wildman–Crippen LogP) is 5.79. The summed E-state index contributed by atoms with van der Waals surface area (Å²) in [6, 6.07) is 15.7. The Hall–Kier alpha value is -3.47. The maximum absolute atomic E-state index is 14.8. The van der Waals surface area contributed by atoms with Gasteiger partial charge in [0, 0.05) is 16.3 Å². The highest BCUT2D eigenvalue weighted by molar-refractivity contribution is 6.27. The summed E-state index contributed by atoms with van der Waals surface area (Å²) in [5.74, 6) is -0.434. The lowest BCUT2D eigenvalue weighted by Crippen LogP contribution is -1.88. The molecule has 1 N–H and O–H groups in total. The minimum atomic E-state index is -0.441. The molecule has 4 aromatic carbocycles. The predicted molar refractivity (Wildman–Crippen MR) is 96.0 cm³/mol. The second kappa shape index (κ2) is 5.26. The van der Waals surface area contributed by atoms with E-state index in [4.69, 9.17) is 4.52 Å². The first-order valence-corrected chi connectivity index (χ1v) is 8.02. The molecule has 1 aromatic heterocycles. The lowest BCUT2D eigenvalue weighted by Gasteiger charge is -2.08. The van der Waals surface area contributed by atoms with Crippen LogP contribution in [0.15, 0.2) is 65.2 Å². The average molecular weight is 347 g/mol. The van der Waals surface area contributed by atoms with Gasteiger partial charge in [-0.3, -0.25) is 0 Å². The molecule has 0 aliphatic heterocycles. The van der Waals surface area contributed by atoms with E-state index in [-0.39, 0.29) is 11.3 Å². The lowest BCUT2D eigenvalue weighted by atomic mass is 9.95. The van der Waals surface area contributed by atoms with E-state index in [1.165, 1.54) is 24.3 Å². The first-order valence-electron chi connectivity index (χ1n) is 8.02. The SMILES string of the molecule is Oc1ccc(-c2onc3c4c(F)cccc4c4cccc(F)c4c23)cc1. The molecule has 1 heterocycles. The number of hydrogen-bond acceptors (Lipinski definition) is 3. The molecule has 5 aromatic rings. The summed E-state index contributed by atoms with van der Waals surface area (Å²) in [5.41, 5.74) is 0.893. The molecular formula is C21H11F2NO2. The van der Waals surface area contributed by atoms with Crippen molar-refractivity contribution in [3.63, 3.8) is 0 Å². The van der Waals surface area contributed by atoms with Gasteiger partial charge in [-0.15, -0.1) is 0 Å². The van der Waals surface area contributed by atoms with Crippen molar-refractivity contribution >= 4 is 32.4 Å². The third-order valence-electron chi connectivity index (χ3n) is 4.63. The molecule has 0 atom stereocenters. The van der Waals surface area contributed by atoms with Crippen LogP contribution in [-0.4, -0.2) is 10.3 Å². The second-order valence-electron chi connectivity index (χ2n) is 6.11. The Balaban J connectivity index is 2.06. The molecule has 0 saturated carbocycles. The number of aromatic nitrogens is 1. The Kier molecular flexibility index (Phi) is 3.00. The number of phenolic OH excluding ortho intramolecular Hbond substituents is 1. The van der Waals surface area contributed by atoms with Crippen LogP contribution in [0, 0.1) is 11.6 Å². The largest absolute Gasteiger partial charge is 0.508 e. The minimum absolute atomic E-state index is 0.102. The molecule has 0 radical (unpaired) electrons. The Bertz CT molecular complexity index is 1310. The molecule has 0 unspecified atom stereocenters. The molecular weight excluding hydrogens is 336 g/mol. The van der Waals surface area contributed by atoms with Crippen molar-refractivity contribution in [1.29, 1.82) is 0 Å². The van der Waals surface area contributed by atoms with E-state index in [0.29, 0.717) is 38.3 Å². The van der Waals surface area contributed by atoms with Crippen molar-refractivity contribution in [2.24, 2.45) is 0 Å². The molecule has 0 bridgehead atoms. The Morgan fingerprint density at radius 3 is 2.04 bits per heavy atom. The number of rotatable bonds is 1. The van der Waals surface area contributed by atoms with E-state index in [9.17, 15) is 13.9 Å². The summed E-state index contributed by atoms with van der Waals surface area (Å²) in [5, 5.41) is 15.8. The monoisotopic (exact) mass is 347 g/mol. The van der Waals surface area contributed by atoms with Crippen molar-refractivity contribution in [2.75, 3.05) is 0 Å². The highest BCUT2D eigenvalue weighted by Crippen LogP contribution is 2.41. The van der Waals surface area contributed by atoms with Crippen molar-refractivity contribution in [3.05, 3.63) is 72.3 Å². The van der Waals surface area contributed by atoms with E-state index >= 15 is 0 Å². The van der Waals surface area contributed by atoms with Gasteiger partial charge in [-0.1, -0.05) is 29.4 Å². The summed E-state index contributed by atoms with van der Waals surface area (Å²) in [6.07, 6.45) is 0.